The molecule has 18 heavy (non-hydrogen) atoms. The molecule has 0 amide bonds. The fourth-order valence-electron chi connectivity index (χ4n) is 2.77. The van der Waals surface area contributed by atoms with Gasteiger partial charge in [0.25, 0.3) is 0 Å². The van der Waals surface area contributed by atoms with Crippen molar-refractivity contribution < 1.29 is 4.79 Å². The van der Waals surface area contributed by atoms with E-state index < -0.39 is 0 Å². The van der Waals surface area contributed by atoms with Gasteiger partial charge in [-0.05, 0) is 23.6 Å². The van der Waals surface area contributed by atoms with Gasteiger partial charge in [0, 0.05) is 11.5 Å². The summed E-state index contributed by atoms with van der Waals surface area (Å²) in [6, 6.07) is 16.2. The summed E-state index contributed by atoms with van der Waals surface area (Å²) >= 11 is 0. The highest BCUT2D eigenvalue weighted by Crippen LogP contribution is 2.41. The zero-order valence-electron chi connectivity index (χ0n) is 10.3. The zero-order chi connectivity index (χ0) is 12.5. The van der Waals surface area contributed by atoms with E-state index in [4.69, 9.17) is 0 Å². The fourth-order valence-corrected chi connectivity index (χ4v) is 2.77. The molecular weight excluding hydrogens is 220 g/mol. The summed E-state index contributed by atoms with van der Waals surface area (Å²) in [5.74, 6) is 0.225. The van der Waals surface area contributed by atoms with Crippen molar-refractivity contribution in [2.75, 3.05) is 0 Å². The Morgan fingerprint density at radius 2 is 1.61 bits per heavy atom. The Labute approximate surface area is 107 Å². The van der Waals surface area contributed by atoms with Crippen LogP contribution in [0, 0.1) is 0 Å². The molecule has 1 heteroatoms. The molecule has 3 rings (SSSR count). The van der Waals surface area contributed by atoms with Gasteiger partial charge < -0.3 is 0 Å². The first-order valence-electron chi connectivity index (χ1n) is 6.12. The number of allylic oxidation sites excluding steroid dienone is 1. The van der Waals surface area contributed by atoms with Crippen molar-refractivity contribution in [3.8, 4) is 0 Å². The number of carbonyl (C=O) groups is 1. The van der Waals surface area contributed by atoms with Crippen LogP contribution in [0.25, 0.3) is 6.08 Å². The maximum absolute atomic E-state index is 11.2. The molecule has 1 nitrogen and oxygen atoms in total. The SMILES string of the molecule is CC1=Cc2ccccc2C1c1ccccc1C=O. The molecule has 1 aliphatic carbocycles. The molecule has 0 bridgehead atoms. The summed E-state index contributed by atoms with van der Waals surface area (Å²) in [4.78, 5) is 11.2. The van der Waals surface area contributed by atoms with Crippen LogP contribution in [0.5, 0.6) is 0 Å². The Morgan fingerprint density at radius 1 is 0.944 bits per heavy atom. The third kappa shape index (κ3) is 1.60. The molecule has 0 saturated carbocycles. The van der Waals surface area contributed by atoms with Crippen molar-refractivity contribution >= 4 is 12.4 Å². The summed E-state index contributed by atoms with van der Waals surface area (Å²) in [7, 11) is 0. The smallest absolute Gasteiger partial charge is 0.150 e. The Hall–Kier alpha value is -2.15. The molecule has 88 valence electrons. The van der Waals surface area contributed by atoms with E-state index >= 15 is 0 Å². The Kier molecular flexibility index (Phi) is 2.60. The number of fused-ring (bicyclic) bond motifs is 1. The summed E-state index contributed by atoms with van der Waals surface area (Å²) in [6.07, 6.45) is 3.16. The van der Waals surface area contributed by atoms with Crippen molar-refractivity contribution in [2.45, 2.75) is 12.8 Å². The van der Waals surface area contributed by atoms with Crippen molar-refractivity contribution in [3.05, 3.63) is 76.4 Å². The third-order valence-corrected chi connectivity index (χ3v) is 3.58. The normalized spacial score (nSPS) is 17.2. The Morgan fingerprint density at radius 3 is 2.39 bits per heavy atom. The summed E-state index contributed by atoms with van der Waals surface area (Å²) < 4.78 is 0. The largest absolute Gasteiger partial charge is 0.298 e. The van der Waals surface area contributed by atoms with Gasteiger partial charge in [-0.2, -0.15) is 0 Å². The van der Waals surface area contributed by atoms with Gasteiger partial charge in [0.15, 0.2) is 0 Å². The van der Waals surface area contributed by atoms with E-state index in [-0.39, 0.29) is 5.92 Å². The first-order valence-corrected chi connectivity index (χ1v) is 6.12. The fraction of sp³-hybridized carbons (Fsp3) is 0.118. The molecule has 0 radical (unpaired) electrons. The number of rotatable bonds is 2. The molecule has 1 aliphatic rings. The van der Waals surface area contributed by atoms with E-state index in [0.29, 0.717) is 0 Å². The lowest BCUT2D eigenvalue weighted by Gasteiger charge is -2.16. The zero-order valence-corrected chi connectivity index (χ0v) is 10.3. The van der Waals surface area contributed by atoms with Gasteiger partial charge >= 0.3 is 0 Å². The minimum atomic E-state index is 0.225. The number of hydrogen-bond acceptors (Lipinski definition) is 1. The molecule has 0 fully saturated rings. The molecule has 1 atom stereocenters. The summed E-state index contributed by atoms with van der Waals surface area (Å²) in [5, 5.41) is 0. The van der Waals surface area contributed by atoms with Crippen LogP contribution in [0.2, 0.25) is 0 Å². The molecule has 0 heterocycles. The van der Waals surface area contributed by atoms with Crippen LogP contribution in [0.1, 0.15) is 39.9 Å². The molecule has 0 saturated heterocycles. The van der Waals surface area contributed by atoms with E-state index in [1.165, 1.54) is 16.7 Å². The van der Waals surface area contributed by atoms with Crippen LogP contribution < -0.4 is 0 Å². The Balaban J connectivity index is 2.19. The minimum Gasteiger partial charge on any atom is -0.298 e. The highest BCUT2D eigenvalue weighted by atomic mass is 16.1. The maximum Gasteiger partial charge on any atom is 0.150 e. The van der Waals surface area contributed by atoms with Crippen molar-refractivity contribution in [1.82, 2.24) is 0 Å². The minimum absolute atomic E-state index is 0.225. The van der Waals surface area contributed by atoms with Gasteiger partial charge in [-0.1, -0.05) is 60.2 Å². The van der Waals surface area contributed by atoms with E-state index in [0.717, 1.165) is 17.4 Å². The van der Waals surface area contributed by atoms with Gasteiger partial charge in [0.2, 0.25) is 0 Å². The molecule has 2 aromatic carbocycles. The second kappa shape index (κ2) is 4.26. The quantitative estimate of drug-likeness (QED) is 0.716. The maximum atomic E-state index is 11.2. The molecule has 0 aliphatic heterocycles. The van der Waals surface area contributed by atoms with E-state index in [1.54, 1.807) is 0 Å². The lowest BCUT2D eigenvalue weighted by molar-refractivity contribution is 0.112. The van der Waals surface area contributed by atoms with Gasteiger partial charge in [0.05, 0.1) is 0 Å². The number of aldehydes is 1. The van der Waals surface area contributed by atoms with Crippen molar-refractivity contribution in [3.63, 3.8) is 0 Å². The van der Waals surface area contributed by atoms with E-state index in [9.17, 15) is 4.79 Å². The van der Waals surface area contributed by atoms with Crippen LogP contribution in [0.4, 0.5) is 0 Å². The predicted molar refractivity (Wildman–Crippen MR) is 73.8 cm³/mol. The standard InChI is InChI=1S/C17H14O/c1-12-10-13-6-2-4-8-15(13)17(12)16-9-5-3-7-14(16)11-18/h2-11,17H,1H3. The molecular formula is C17H14O. The second-order valence-electron chi connectivity index (χ2n) is 4.70. The molecule has 2 aromatic rings. The van der Waals surface area contributed by atoms with Gasteiger partial charge in [0.1, 0.15) is 6.29 Å². The number of benzene rings is 2. The highest BCUT2D eigenvalue weighted by Gasteiger charge is 2.25. The topological polar surface area (TPSA) is 17.1 Å². The molecule has 1 unspecified atom stereocenters. The first-order chi connectivity index (χ1) is 8.81. The average molecular weight is 234 g/mol. The first kappa shape index (κ1) is 11.0. The van der Waals surface area contributed by atoms with Crippen LogP contribution >= 0.6 is 0 Å². The summed E-state index contributed by atoms with van der Waals surface area (Å²) in [6.45, 7) is 2.13. The second-order valence-corrected chi connectivity index (χ2v) is 4.70. The van der Waals surface area contributed by atoms with E-state index in [2.05, 4.69) is 37.3 Å². The monoisotopic (exact) mass is 234 g/mol. The van der Waals surface area contributed by atoms with E-state index in [1.807, 2.05) is 24.3 Å². The Bertz CT molecular complexity index is 638. The highest BCUT2D eigenvalue weighted by molar-refractivity contribution is 5.80. The van der Waals surface area contributed by atoms with Crippen LogP contribution in [0.15, 0.2) is 54.1 Å². The molecule has 0 spiro atoms. The predicted octanol–water partition coefficient (Wildman–Crippen LogP) is 4.05. The lowest BCUT2D eigenvalue weighted by atomic mass is 9.86. The van der Waals surface area contributed by atoms with Crippen LogP contribution in [-0.4, -0.2) is 6.29 Å². The third-order valence-electron chi connectivity index (χ3n) is 3.58. The molecule has 0 aromatic heterocycles. The van der Waals surface area contributed by atoms with Gasteiger partial charge in [-0.3, -0.25) is 4.79 Å². The van der Waals surface area contributed by atoms with Gasteiger partial charge in [-0.15, -0.1) is 0 Å². The van der Waals surface area contributed by atoms with Crippen molar-refractivity contribution in [2.24, 2.45) is 0 Å². The average Bonchev–Trinajstić information content (AvgIpc) is 2.74. The number of hydrogen-bond donors (Lipinski definition) is 0. The van der Waals surface area contributed by atoms with Crippen LogP contribution in [-0.2, 0) is 0 Å². The van der Waals surface area contributed by atoms with Crippen molar-refractivity contribution in [1.29, 1.82) is 0 Å². The molecule has 0 N–H and O–H groups in total. The lowest BCUT2D eigenvalue weighted by Crippen LogP contribution is -2.03. The van der Waals surface area contributed by atoms with Crippen LogP contribution in [0.3, 0.4) is 0 Å². The summed E-state index contributed by atoms with van der Waals surface area (Å²) in [5.41, 5.74) is 5.74. The van der Waals surface area contributed by atoms with Gasteiger partial charge in [-0.25, -0.2) is 0 Å². The number of carbonyl (C=O) groups excluding carboxylic acids is 1.